The lowest BCUT2D eigenvalue weighted by molar-refractivity contribution is -0.202. The zero-order valence-corrected chi connectivity index (χ0v) is 18.7. The van der Waals surface area contributed by atoms with Gasteiger partial charge in [0, 0.05) is 18.3 Å². The quantitative estimate of drug-likeness (QED) is 0.264. The molecule has 5 nitrogen and oxygen atoms in total. The number of benzene rings is 3. The summed E-state index contributed by atoms with van der Waals surface area (Å²) < 4.78 is 54.7. The molecule has 0 bridgehead atoms. The summed E-state index contributed by atoms with van der Waals surface area (Å²) in [6.45, 7) is 0.377. The summed E-state index contributed by atoms with van der Waals surface area (Å²) in [5.41, 5.74) is 3.27. The van der Waals surface area contributed by atoms with Crippen molar-refractivity contribution in [3.8, 4) is 33.8 Å². The number of imidazole rings is 1. The van der Waals surface area contributed by atoms with Gasteiger partial charge in [0.15, 0.2) is 0 Å². The molecule has 0 fully saturated rings. The predicted octanol–water partition coefficient (Wildman–Crippen LogP) is 6.90. The Labute approximate surface area is 204 Å². The highest BCUT2D eigenvalue weighted by Gasteiger charge is 2.35. The monoisotopic (exact) mass is 489 g/mol. The van der Waals surface area contributed by atoms with E-state index in [1.165, 1.54) is 36.5 Å². The van der Waals surface area contributed by atoms with Crippen molar-refractivity contribution in [2.45, 2.75) is 12.8 Å². The molecule has 0 aliphatic rings. The van der Waals surface area contributed by atoms with Gasteiger partial charge in [-0.2, -0.15) is 0 Å². The van der Waals surface area contributed by atoms with Crippen molar-refractivity contribution in [2.75, 3.05) is 5.32 Å². The molecule has 36 heavy (non-hydrogen) atoms. The van der Waals surface area contributed by atoms with E-state index in [0.717, 1.165) is 16.7 Å². The average molecular weight is 489 g/mol. The number of nitrogens with zero attached hydrogens (tertiary/aromatic N) is 4. The maximum atomic E-state index is 13.8. The SMILES string of the molecule is Fc1ccc(-c2ncn(C(F)(F)F)c2-c2ccnc(NCc3ccc(-c4ccccc4)cc3)n2)cc1. The van der Waals surface area contributed by atoms with Crippen LogP contribution in [0.2, 0.25) is 0 Å². The van der Waals surface area contributed by atoms with E-state index in [1.54, 1.807) is 0 Å². The van der Waals surface area contributed by atoms with Crippen LogP contribution in [-0.4, -0.2) is 19.5 Å². The van der Waals surface area contributed by atoms with Crippen LogP contribution in [-0.2, 0) is 12.8 Å². The summed E-state index contributed by atoms with van der Waals surface area (Å²) in [6, 6.07) is 24.4. The Kier molecular flexibility index (Phi) is 6.20. The van der Waals surface area contributed by atoms with Crippen molar-refractivity contribution in [3.05, 3.63) is 109 Å². The molecular weight excluding hydrogens is 470 g/mol. The third-order valence-corrected chi connectivity index (χ3v) is 5.57. The Balaban J connectivity index is 1.41. The number of anilines is 1. The Morgan fingerprint density at radius 2 is 1.42 bits per heavy atom. The molecular formula is C27H19F4N5. The van der Waals surface area contributed by atoms with Gasteiger partial charge in [-0.3, -0.25) is 0 Å². The first-order valence-corrected chi connectivity index (χ1v) is 11.0. The van der Waals surface area contributed by atoms with Crippen LogP contribution in [0.5, 0.6) is 0 Å². The molecule has 9 heteroatoms. The molecule has 0 radical (unpaired) electrons. The van der Waals surface area contributed by atoms with Crippen LogP contribution in [0.3, 0.4) is 0 Å². The summed E-state index contributed by atoms with van der Waals surface area (Å²) in [5.74, 6) is -0.333. The number of alkyl halides is 3. The molecule has 0 aliphatic heterocycles. The molecule has 0 amide bonds. The van der Waals surface area contributed by atoms with Gasteiger partial charge in [-0.1, -0.05) is 54.6 Å². The minimum atomic E-state index is -4.72. The topological polar surface area (TPSA) is 55.6 Å². The summed E-state index contributed by atoms with van der Waals surface area (Å²) in [5, 5.41) is 3.06. The summed E-state index contributed by atoms with van der Waals surface area (Å²) in [7, 11) is 0. The lowest BCUT2D eigenvalue weighted by Crippen LogP contribution is -2.17. The third kappa shape index (κ3) is 4.95. The maximum Gasteiger partial charge on any atom is 0.490 e. The highest BCUT2D eigenvalue weighted by molar-refractivity contribution is 5.77. The average Bonchev–Trinajstić information content (AvgIpc) is 3.35. The van der Waals surface area contributed by atoms with Crippen LogP contribution >= 0.6 is 0 Å². The normalized spacial score (nSPS) is 11.4. The molecule has 2 heterocycles. The second-order valence-corrected chi connectivity index (χ2v) is 7.97. The summed E-state index contributed by atoms with van der Waals surface area (Å²) in [6.07, 6.45) is -2.65. The van der Waals surface area contributed by atoms with Crippen LogP contribution < -0.4 is 5.32 Å². The van der Waals surface area contributed by atoms with E-state index in [4.69, 9.17) is 0 Å². The van der Waals surface area contributed by atoms with Crippen LogP contribution in [0.25, 0.3) is 33.8 Å². The van der Waals surface area contributed by atoms with Crippen molar-refractivity contribution in [2.24, 2.45) is 0 Å². The number of hydrogen-bond donors (Lipinski definition) is 1. The lowest BCUT2D eigenvalue weighted by atomic mass is 10.0. The maximum absolute atomic E-state index is 13.8. The first kappa shape index (κ1) is 23.2. The van der Waals surface area contributed by atoms with Crippen LogP contribution in [0.1, 0.15) is 5.56 Å². The number of hydrogen-bond acceptors (Lipinski definition) is 4. The smallest absolute Gasteiger partial charge is 0.350 e. The van der Waals surface area contributed by atoms with E-state index in [1.807, 2.05) is 54.6 Å². The first-order valence-electron chi connectivity index (χ1n) is 11.0. The Morgan fingerprint density at radius 1 is 0.750 bits per heavy atom. The van der Waals surface area contributed by atoms with Crippen LogP contribution in [0, 0.1) is 5.82 Å². The molecule has 5 aromatic rings. The van der Waals surface area contributed by atoms with Gasteiger partial charge in [0.05, 0.1) is 11.4 Å². The van der Waals surface area contributed by atoms with Gasteiger partial charge in [0.25, 0.3) is 0 Å². The standard InChI is InChI=1S/C27H19F4N5/c28-22-12-10-21(11-13-22)24-25(36(17-34-24)27(29,30)31)23-14-15-32-26(35-23)33-16-18-6-8-20(9-7-18)19-4-2-1-3-5-19/h1-15,17H,16H2,(H,32,33,35). The van der Waals surface area contributed by atoms with E-state index in [-0.39, 0.29) is 27.6 Å². The Hall–Kier alpha value is -4.53. The molecule has 0 unspecified atom stereocenters. The van der Waals surface area contributed by atoms with E-state index in [9.17, 15) is 17.6 Å². The second kappa shape index (κ2) is 9.61. The van der Waals surface area contributed by atoms with Gasteiger partial charge in [0.1, 0.15) is 17.8 Å². The number of halogens is 4. The van der Waals surface area contributed by atoms with Gasteiger partial charge in [-0.05, 0) is 47.0 Å². The molecule has 0 saturated heterocycles. The highest BCUT2D eigenvalue weighted by Crippen LogP contribution is 2.36. The number of nitrogens with one attached hydrogen (secondary N) is 1. The summed E-state index contributed by atoms with van der Waals surface area (Å²) >= 11 is 0. The molecule has 3 aromatic carbocycles. The van der Waals surface area contributed by atoms with Gasteiger partial charge in [0.2, 0.25) is 5.95 Å². The van der Waals surface area contributed by atoms with Crippen LogP contribution in [0.15, 0.2) is 97.5 Å². The summed E-state index contributed by atoms with van der Waals surface area (Å²) in [4.78, 5) is 12.4. The van der Waals surface area contributed by atoms with E-state index in [0.29, 0.717) is 18.4 Å². The van der Waals surface area contributed by atoms with Gasteiger partial charge in [-0.15, -0.1) is 13.2 Å². The van der Waals surface area contributed by atoms with Crippen molar-refractivity contribution < 1.29 is 17.6 Å². The lowest BCUT2D eigenvalue weighted by Gasteiger charge is -2.13. The van der Waals surface area contributed by atoms with Gasteiger partial charge in [-0.25, -0.2) is 23.9 Å². The van der Waals surface area contributed by atoms with Crippen LogP contribution in [0.4, 0.5) is 23.5 Å². The first-order chi connectivity index (χ1) is 17.4. The van der Waals surface area contributed by atoms with Gasteiger partial charge >= 0.3 is 6.30 Å². The Morgan fingerprint density at radius 3 is 2.11 bits per heavy atom. The minimum Gasteiger partial charge on any atom is -0.350 e. The fraction of sp³-hybridized carbons (Fsp3) is 0.0741. The zero-order chi connectivity index (χ0) is 25.1. The minimum absolute atomic E-state index is 0.0288. The fourth-order valence-corrected chi connectivity index (χ4v) is 3.81. The van der Waals surface area contributed by atoms with Crippen molar-refractivity contribution in [1.82, 2.24) is 19.5 Å². The fourth-order valence-electron chi connectivity index (χ4n) is 3.81. The second-order valence-electron chi connectivity index (χ2n) is 7.97. The van der Waals surface area contributed by atoms with E-state index < -0.39 is 12.1 Å². The van der Waals surface area contributed by atoms with E-state index >= 15 is 0 Å². The zero-order valence-electron chi connectivity index (χ0n) is 18.7. The third-order valence-electron chi connectivity index (χ3n) is 5.57. The molecule has 0 saturated carbocycles. The largest absolute Gasteiger partial charge is 0.490 e. The highest BCUT2D eigenvalue weighted by atomic mass is 19.4. The molecule has 0 aliphatic carbocycles. The molecule has 1 N–H and O–H groups in total. The van der Waals surface area contributed by atoms with Crippen molar-refractivity contribution >= 4 is 5.95 Å². The van der Waals surface area contributed by atoms with Gasteiger partial charge < -0.3 is 5.32 Å². The number of rotatable bonds is 6. The molecule has 0 spiro atoms. The molecule has 2 aromatic heterocycles. The molecule has 5 rings (SSSR count). The van der Waals surface area contributed by atoms with Crippen molar-refractivity contribution in [1.29, 1.82) is 0 Å². The van der Waals surface area contributed by atoms with Crippen molar-refractivity contribution in [3.63, 3.8) is 0 Å². The van der Waals surface area contributed by atoms with E-state index in [2.05, 4.69) is 20.3 Å². The molecule has 180 valence electrons. The Bertz CT molecular complexity index is 1460. The molecule has 0 atom stereocenters. The predicted molar refractivity (Wildman–Crippen MR) is 129 cm³/mol. The number of aromatic nitrogens is 4.